The van der Waals surface area contributed by atoms with E-state index in [1.165, 1.54) is 306 Å². The van der Waals surface area contributed by atoms with Crippen LogP contribution in [-0.4, -0.2) is 39.3 Å². The van der Waals surface area contributed by atoms with Gasteiger partial charge in [0.05, 0.1) is 19.8 Å². The predicted molar refractivity (Wildman–Crippen MR) is 365 cm³/mol. The third-order valence-electron chi connectivity index (χ3n) is 16.7. The second-order valence-electron chi connectivity index (χ2n) is 25.4. The number of ether oxygens (including phenoxy) is 3. The zero-order valence-electron chi connectivity index (χ0n) is 55.5. The molecule has 0 aliphatic heterocycles. The Morgan fingerprint density at radius 2 is 0.372 bits per heavy atom. The number of halogens is 6. The number of hydrogen-bond acceptors (Lipinski definition) is 3. The van der Waals surface area contributed by atoms with Gasteiger partial charge in [-0.1, -0.05) is 346 Å². The Balaban J connectivity index is 0.00000338. The van der Waals surface area contributed by atoms with Gasteiger partial charge in [0.1, 0.15) is 34.5 Å². The first-order valence-corrected chi connectivity index (χ1v) is 43.5. The molecule has 0 aliphatic carbocycles. The minimum atomic E-state index is -11.2. The Morgan fingerprint density at radius 1 is 0.233 bits per heavy atom. The molecule has 0 spiro atoms. The van der Waals surface area contributed by atoms with Gasteiger partial charge in [-0.25, -0.2) is 0 Å². The standard InChI is InChI=1S/C75H129O3S.6FH.Sb/c1-4-7-10-13-16-19-22-25-28-31-34-37-40-43-46-49-64-76-73-58-52-70(53-59-73)67-79(68-71-54-60-74(61-55-71)77-65-50-47-44-41-38-35-32-29-26-23-20-17-14-11-8-5-2)69-72-56-62-75(63-57-72)78-66-51-48-45-42-39-36-33-30-27-24-21-18-15-12-9-6-3;;;;;;;/h52-63H,4-51,64-69H2,1-3H3;6*1H;/q+1;;;;;;;+5/p-6. The molecule has 0 saturated heterocycles. The molecule has 0 bridgehead atoms. The van der Waals surface area contributed by atoms with Crippen LogP contribution in [0.4, 0.5) is 16.9 Å². The van der Waals surface area contributed by atoms with E-state index in [1.807, 2.05) is 0 Å². The number of rotatable bonds is 60. The summed E-state index contributed by atoms with van der Waals surface area (Å²) in [6.07, 6.45) is 66.9. The molecular weight excluding hydrogens is 1220 g/mol. The van der Waals surface area contributed by atoms with Crippen molar-refractivity contribution < 1.29 is 31.1 Å². The molecule has 0 unspecified atom stereocenters. The summed E-state index contributed by atoms with van der Waals surface area (Å²) >= 11 is -11.2. The third-order valence-corrected chi connectivity index (χ3v) is 18.9. The molecule has 3 aromatic carbocycles. The number of unbranched alkanes of at least 4 members (excludes halogenated alkanes) is 45. The maximum atomic E-state index is 9.93. The Hall–Kier alpha value is -2.19. The first-order valence-electron chi connectivity index (χ1n) is 36.0. The average molecular weight is 1350 g/mol. The van der Waals surface area contributed by atoms with Gasteiger partial charge in [0.25, 0.3) is 0 Å². The van der Waals surface area contributed by atoms with Crippen molar-refractivity contribution in [3.05, 3.63) is 89.5 Å². The van der Waals surface area contributed by atoms with Crippen molar-refractivity contribution in [2.24, 2.45) is 0 Å². The van der Waals surface area contributed by atoms with Crippen molar-refractivity contribution >= 4 is 30.4 Å². The number of hydrogen-bond donors (Lipinski definition) is 0. The summed E-state index contributed by atoms with van der Waals surface area (Å²) in [5, 5.41) is 0. The van der Waals surface area contributed by atoms with E-state index in [2.05, 4.69) is 93.6 Å². The predicted octanol–water partition coefficient (Wildman–Crippen LogP) is 27.3. The Bertz CT molecular complexity index is 1710. The number of benzene rings is 3. The molecule has 0 aromatic heterocycles. The van der Waals surface area contributed by atoms with Gasteiger partial charge in [-0.15, -0.1) is 0 Å². The monoisotopic (exact) mass is 1340 g/mol. The van der Waals surface area contributed by atoms with Crippen molar-refractivity contribution in [3.63, 3.8) is 0 Å². The van der Waals surface area contributed by atoms with Crippen molar-refractivity contribution in [2.75, 3.05) is 19.8 Å². The molecule has 0 amide bonds. The van der Waals surface area contributed by atoms with Gasteiger partial charge >= 0.3 is 36.4 Å². The normalized spacial score (nSPS) is 12.5. The Labute approximate surface area is 530 Å². The van der Waals surface area contributed by atoms with Crippen LogP contribution in [0.5, 0.6) is 17.2 Å². The molecule has 0 N–H and O–H groups in total. The summed E-state index contributed by atoms with van der Waals surface area (Å²) in [6.45, 7) is 9.38. The van der Waals surface area contributed by atoms with Gasteiger partial charge in [0.2, 0.25) is 0 Å². The Kier molecular flexibility index (Phi) is 48.7. The molecular formula is C75H129F6O3SSb. The first kappa shape index (κ1) is 79.9. The summed E-state index contributed by atoms with van der Waals surface area (Å²) in [4.78, 5) is 0. The zero-order chi connectivity index (χ0) is 62.2. The first-order chi connectivity index (χ1) is 41.6. The molecule has 0 atom stereocenters. The Morgan fingerprint density at radius 3 is 0.523 bits per heavy atom. The van der Waals surface area contributed by atoms with Crippen LogP contribution in [0, 0.1) is 0 Å². The van der Waals surface area contributed by atoms with E-state index in [9.17, 15) is 16.9 Å². The molecule has 0 fully saturated rings. The van der Waals surface area contributed by atoms with E-state index in [0.29, 0.717) is 0 Å². The molecule has 11 heteroatoms. The van der Waals surface area contributed by atoms with Gasteiger partial charge in [-0.2, -0.15) is 0 Å². The van der Waals surface area contributed by atoms with E-state index in [1.54, 1.807) is 0 Å². The summed E-state index contributed by atoms with van der Waals surface area (Å²) in [7, 11) is 0.130. The summed E-state index contributed by atoms with van der Waals surface area (Å²) in [6, 6.07) is 27.1. The molecule has 0 aliphatic rings. The molecule has 3 nitrogen and oxygen atoms in total. The third kappa shape index (κ3) is 57.0. The average Bonchev–Trinajstić information content (AvgIpc) is 1.53. The quantitative estimate of drug-likeness (QED) is 0.0244. The van der Waals surface area contributed by atoms with E-state index >= 15 is 0 Å². The van der Waals surface area contributed by atoms with Crippen LogP contribution in [0.1, 0.15) is 346 Å². The minimum absolute atomic E-state index is 0.130. The summed E-state index contributed by atoms with van der Waals surface area (Å²) < 4.78 is 78.3. The molecule has 86 heavy (non-hydrogen) atoms. The summed E-state index contributed by atoms with van der Waals surface area (Å²) in [5.41, 5.74) is 4.20. The van der Waals surface area contributed by atoms with Gasteiger partial charge in [-0.05, 0) is 55.7 Å². The van der Waals surface area contributed by atoms with Crippen molar-refractivity contribution in [3.8, 4) is 17.2 Å². The fraction of sp³-hybridized carbons (Fsp3) is 0.760. The SMILES string of the molecule is CCCCCCCCCCCCCCCCCCOc1ccc(C[S+](Cc2ccc(OCCCCCCCCCCCCCCCCCC)cc2)Cc2ccc(OCCCCCCCCCCCCCCCCCC)cc2)cc1.[F][Sb-]([F])([F])([F])([F])[F]. The zero-order valence-corrected chi connectivity index (χ0v) is 58.8. The maximum absolute atomic E-state index is 11.2. The van der Waals surface area contributed by atoms with Crippen molar-refractivity contribution in [2.45, 2.75) is 346 Å². The summed E-state index contributed by atoms with van der Waals surface area (Å²) in [5.74, 6) is 6.22. The van der Waals surface area contributed by atoms with E-state index < -0.39 is 19.5 Å². The molecule has 500 valence electrons. The fourth-order valence-corrected chi connectivity index (χ4v) is 13.7. The molecule has 0 heterocycles. The second kappa shape index (κ2) is 52.4. The molecule has 3 aromatic rings. The van der Waals surface area contributed by atoms with E-state index in [0.717, 1.165) is 73.6 Å². The van der Waals surface area contributed by atoms with Crippen molar-refractivity contribution in [1.82, 2.24) is 0 Å². The van der Waals surface area contributed by atoms with Gasteiger partial charge in [0.15, 0.2) is 0 Å². The second-order valence-corrected chi connectivity index (χ2v) is 33.0. The van der Waals surface area contributed by atoms with Crippen LogP contribution < -0.4 is 14.2 Å². The van der Waals surface area contributed by atoms with Crippen LogP contribution in [0.25, 0.3) is 0 Å². The van der Waals surface area contributed by atoms with Crippen LogP contribution in [0.3, 0.4) is 0 Å². The molecule has 3 rings (SSSR count). The fourth-order valence-electron chi connectivity index (χ4n) is 11.4. The van der Waals surface area contributed by atoms with Crippen LogP contribution in [0.2, 0.25) is 0 Å². The molecule has 0 saturated carbocycles. The van der Waals surface area contributed by atoms with Crippen LogP contribution in [0.15, 0.2) is 72.8 Å². The van der Waals surface area contributed by atoms with Crippen LogP contribution >= 0.6 is 0 Å². The van der Waals surface area contributed by atoms with Gasteiger partial charge in [-0.3, -0.25) is 0 Å². The van der Waals surface area contributed by atoms with Gasteiger partial charge in [0, 0.05) is 27.6 Å². The van der Waals surface area contributed by atoms with Gasteiger partial charge < -0.3 is 14.2 Å². The van der Waals surface area contributed by atoms with Crippen LogP contribution in [-0.2, 0) is 28.2 Å². The molecule has 0 radical (unpaired) electrons. The van der Waals surface area contributed by atoms with E-state index in [-0.39, 0.29) is 10.9 Å². The topological polar surface area (TPSA) is 27.7 Å². The van der Waals surface area contributed by atoms with Crippen molar-refractivity contribution in [1.29, 1.82) is 0 Å². The van der Waals surface area contributed by atoms with E-state index in [4.69, 9.17) is 14.2 Å².